The molecule has 0 fully saturated rings. The van der Waals surface area contributed by atoms with E-state index in [1.807, 2.05) is 39.0 Å². The van der Waals surface area contributed by atoms with E-state index in [0.29, 0.717) is 30.4 Å². The summed E-state index contributed by atoms with van der Waals surface area (Å²) in [7, 11) is 0. The first kappa shape index (κ1) is 19.8. The molecule has 29 heavy (non-hydrogen) atoms. The largest absolute Gasteiger partial charge is 0.494 e. The van der Waals surface area contributed by atoms with Crippen LogP contribution in [0.4, 0.5) is 5.69 Å². The molecule has 0 atom stereocenters. The number of amides is 1. The molecule has 154 valence electrons. The van der Waals surface area contributed by atoms with E-state index in [2.05, 4.69) is 10.3 Å². The predicted octanol–water partition coefficient (Wildman–Crippen LogP) is 5.86. The summed E-state index contributed by atoms with van der Waals surface area (Å²) in [5.41, 5.74) is 5.08. The number of nitrogens with one attached hydrogen (secondary N) is 2. The monoisotopic (exact) mass is 412 g/mol. The van der Waals surface area contributed by atoms with Gasteiger partial charge in [0.1, 0.15) is 11.5 Å². The number of H-pyrrole nitrogens is 1. The molecule has 1 aromatic carbocycles. The molecule has 1 aliphatic rings. The second kappa shape index (κ2) is 8.49. The lowest BCUT2D eigenvalue weighted by Gasteiger charge is -2.13. The average Bonchev–Trinajstić information content (AvgIpc) is 3.07. The molecule has 0 unspecified atom stereocenters. The van der Waals surface area contributed by atoms with E-state index >= 15 is 0 Å². The molecule has 4 rings (SSSR count). The van der Waals surface area contributed by atoms with Gasteiger partial charge in [-0.25, -0.2) is 0 Å². The molecule has 0 radical (unpaired) electrons. The second-order valence-corrected chi connectivity index (χ2v) is 8.58. The van der Waals surface area contributed by atoms with Crippen LogP contribution >= 0.6 is 11.3 Å². The molecule has 2 heterocycles. The lowest BCUT2D eigenvalue weighted by Crippen LogP contribution is -2.14. The van der Waals surface area contributed by atoms with Gasteiger partial charge in [0, 0.05) is 16.6 Å². The molecule has 3 aromatic rings. The van der Waals surface area contributed by atoms with Crippen LogP contribution in [-0.4, -0.2) is 24.1 Å². The van der Waals surface area contributed by atoms with Gasteiger partial charge in [0.05, 0.1) is 34.7 Å². The molecule has 0 saturated carbocycles. The van der Waals surface area contributed by atoms with Gasteiger partial charge in [0.25, 0.3) is 5.91 Å². The zero-order valence-corrected chi connectivity index (χ0v) is 18.1. The fraction of sp³-hybridized carbons (Fsp3) is 0.435. The van der Waals surface area contributed by atoms with Gasteiger partial charge >= 0.3 is 0 Å². The van der Waals surface area contributed by atoms with Crippen molar-refractivity contribution in [3.05, 3.63) is 39.9 Å². The summed E-state index contributed by atoms with van der Waals surface area (Å²) in [4.78, 5) is 17.9. The van der Waals surface area contributed by atoms with Crippen molar-refractivity contribution in [3.8, 4) is 11.5 Å². The third-order valence-electron chi connectivity index (χ3n) is 5.39. The average molecular weight is 413 g/mol. The van der Waals surface area contributed by atoms with Crippen LogP contribution in [0.5, 0.6) is 11.5 Å². The van der Waals surface area contributed by atoms with Gasteiger partial charge in [0.2, 0.25) is 0 Å². The predicted molar refractivity (Wildman–Crippen MR) is 119 cm³/mol. The van der Waals surface area contributed by atoms with E-state index in [1.54, 1.807) is 11.3 Å². The number of carbonyl (C=O) groups excluding carboxylic acids is 1. The highest BCUT2D eigenvalue weighted by Crippen LogP contribution is 2.38. The maximum absolute atomic E-state index is 13.3. The quantitative estimate of drug-likeness (QED) is 0.499. The van der Waals surface area contributed by atoms with E-state index < -0.39 is 0 Å². The van der Waals surface area contributed by atoms with Crippen molar-refractivity contribution in [2.45, 2.75) is 52.9 Å². The van der Waals surface area contributed by atoms with Gasteiger partial charge in [-0.2, -0.15) is 0 Å². The number of hydrogen-bond acceptors (Lipinski definition) is 4. The topological polar surface area (TPSA) is 63.4 Å². The molecule has 0 saturated heterocycles. The summed E-state index contributed by atoms with van der Waals surface area (Å²) < 4.78 is 12.6. The van der Waals surface area contributed by atoms with Crippen molar-refractivity contribution in [2.24, 2.45) is 0 Å². The first-order chi connectivity index (χ1) is 14.1. The van der Waals surface area contributed by atoms with Crippen molar-refractivity contribution in [1.82, 2.24) is 4.98 Å². The Bertz CT molecular complexity index is 1030. The van der Waals surface area contributed by atoms with E-state index in [1.165, 1.54) is 35.2 Å². The minimum Gasteiger partial charge on any atom is -0.494 e. The van der Waals surface area contributed by atoms with Crippen molar-refractivity contribution >= 4 is 33.1 Å². The highest BCUT2D eigenvalue weighted by atomic mass is 32.1. The summed E-state index contributed by atoms with van der Waals surface area (Å²) in [6.07, 6.45) is 5.88. The molecule has 2 aromatic heterocycles. The molecule has 2 N–H and O–H groups in total. The summed E-state index contributed by atoms with van der Waals surface area (Å²) >= 11 is 1.73. The van der Waals surface area contributed by atoms with E-state index in [4.69, 9.17) is 9.47 Å². The van der Waals surface area contributed by atoms with E-state index in [-0.39, 0.29) is 5.91 Å². The summed E-state index contributed by atoms with van der Waals surface area (Å²) in [6.45, 7) is 6.99. The second-order valence-electron chi connectivity index (χ2n) is 7.36. The normalized spacial score (nSPS) is 13.8. The number of thiophene rings is 1. The van der Waals surface area contributed by atoms with Gasteiger partial charge in [-0.15, -0.1) is 11.3 Å². The first-order valence-electron chi connectivity index (χ1n) is 10.5. The molecule has 0 spiro atoms. The Morgan fingerprint density at radius 3 is 2.72 bits per heavy atom. The molecule has 1 aliphatic carbocycles. The SMILES string of the molecule is CCOc1ccc(OCC)c(NC(=O)c2c(C)sc3c4c([nH]c23)CCCCC4)c1. The van der Waals surface area contributed by atoms with Gasteiger partial charge in [-0.05, 0) is 64.2 Å². The zero-order valence-electron chi connectivity index (χ0n) is 17.3. The van der Waals surface area contributed by atoms with Crippen molar-refractivity contribution in [1.29, 1.82) is 0 Å². The van der Waals surface area contributed by atoms with Crippen LogP contribution in [-0.2, 0) is 12.8 Å². The Labute approximate surface area is 175 Å². The van der Waals surface area contributed by atoms with Gasteiger partial charge in [0.15, 0.2) is 0 Å². The lowest BCUT2D eigenvalue weighted by atomic mass is 10.1. The standard InChI is InChI=1S/C23H28N2O3S/c1-4-27-15-11-12-19(28-5-2)18(13-15)25-23(26)20-14(3)29-22-16-9-7-6-8-10-17(16)24-21(20)22/h11-13,24H,4-10H2,1-3H3,(H,25,26). The van der Waals surface area contributed by atoms with Crippen molar-refractivity contribution in [2.75, 3.05) is 18.5 Å². The molecule has 0 aliphatic heterocycles. The van der Waals surface area contributed by atoms with Gasteiger partial charge in [-0.3, -0.25) is 4.79 Å². The minimum atomic E-state index is -0.111. The fourth-order valence-electron chi connectivity index (χ4n) is 4.10. The molecule has 5 nitrogen and oxygen atoms in total. The smallest absolute Gasteiger partial charge is 0.259 e. The van der Waals surface area contributed by atoms with E-state index in [0.717, 1.165) is 28.8 Å². The third kappa shape index (κ3) is 3.86. The highest BCUT2D eigenvalue weighted by Gasteiger charge is 2.24. The van der Waals surface area contributed by atoms with Crippen LogP contribution in [0.1, 0.15) is 59.6 Å². The number of rotatable bonds is 6. The van der Waals surface area contributed by atoms with E-state index in [9.17, 15) is 4.79 Å². The number of hydrogen-bond donors (Lipinski definition) is 2. The Kier molecular flexibility index (Phi) is 5.81. The summed E-state index contributed by atoms with van der Waals surface area (Å²) in [6, 6.07) is 5.53. The Morgan fingerprint density at radius 2 is 1.93 bits per heavy atom. The molecular formula is C23H28N2O3S. The maximum atomic E-state index is 13.3. The summed E-state index contributed by atoms with van der Waals surface area (Å²) in [5.74, 6) is 1.25. The van der Waals surface area contributed by atoms with Crippen molar-refractivity contribution < 1.29 is 14.3 Å². The number of anilines is 1. The molecule has 1 amide bonds. The number of aromatic amines is 1. The minimum absolute atomic E-state index is 0.111. The van der Waals surface area contributed by atoms with Crippen LogP contribution in [0.15, 0.2) is 18.2 Å². The van der Waals surface area contributed by atoms with Crippen LogP contribution in [0.2, 0.25) is 0 Å². The number of ether oxygens (including phenoxy) is 2. The van der Waals surface area contributed by atoms with Crippen LogP contribution in [0.3, 0.4) is 0 Å². The Balaban J connectivity index is 1.69. The van der Waals surface area contributed by atoms with Gasteiger partial charge < -0.3 is 19.8 Å². The Morgan fingerprint density at radius 1 is 1.14 bits per heavy atom. The lowest BCUT2D eigenvalue weighted by molar-refractivity contribution is 0.102. The summed E-state index contributed by atoms with van der Waals surface area (Å²) in [5, 5.41) is 3.06. The fourth-order valence-corrected chi connectivity index (χ4v) is 5.31. The number of aryl methyl sites for hydroxylation is 3. The highest BCUT2D eigenvalue weighted by molar-refractivity contribution is 7.19. The number of aromatic nitrogens is 1. The zero-order chi connectivity index (χ0) is 20.4. The number of benzene rings is 1. The number of fused-ring (bicyclic) bond motifs is 3. The van der Waals surface area contributed by atoms with Crippen molar-refractivity contribution in [3.63, 3.8) is 0 Å². The van der Waals surface area contributed by atoms with Crippen LogP contribution < -0.4 is 14.8 Å². The molecule has 6 heteroatoms. The Hall–Kier alpha value is -2.47. The third-order valence-corrected chi connectivity index (χ3v) is 6.55. The van der Waals surface area contributed by atoms with Crippen LogP contribution in [0.25, 0.3) is 10.2 Å². The maximum Gasteiger partial charge on any atom is 0.259 e. The van der Waals surface area contributed by atoms with Crippen LogP contribution in [0, 0.1) is 6.92 Å². The van der Waals surface area contributed by atoms with Gasteiger partial charge in [-0.1, -0.05) is 6.42 Å². The molecule has 0 bridgehead atoms. The first-order valence-corrected chi connectivity index (χ1v) is 11.3. The number of carbonyl (C=O) groups is 1. The molecular weight excluding hydrogens is 384 g/mol.